The third-order valence-corrected chi connectivity index (χ3v) is 5.28. The predicted molar refractivity (Wildman–Crippen MR) is 121 cm³/mol. The minimum absolute atomic E-state index is 0.0898. The second-order valence-electron chi connectivity index (χ2n) is 7.23. The van der Waals surface area contributed by atoms with E-state index in [2.05, 4.69) is 10.3 Å². The third-order valence-electron chi connectivity index (χ3n) is 5.28. The van der Waals surface area contributed by atoms with Gasteiger partial charge < -0.3 is 15.0 Å². The molecule has 0 radical (unpaired) electrons. The van der Waals surface area contributed by atoms with Gasteiger partial charge in [0.1, 0.15) is 0 Å². The summed E-state index contributed by atoms with van der Waals surface area (Å²) in [4.78, 5) is 45.6. The maximum absolute atomic E-state index is 13.5. The fourth-order valence-corrected chi connectivity index (χ4v) is 3.72. The lowest BCUT2D eigenvalue weighted by molar-refractivity contribution is -0.143. The van der Waals surface area contributed by atoms with Gasteiger partial charge in [0, 0.05) is 17.1 Å². The summed E-state index contributed by atoms with van der Waals surface area (Å²) in [7, 11) is 1.21. The number of hydrogen-bond donors (Lipinski definition) is 2. The van der Waals surface area contributed by atoms with Gasteiger partial charge in [-0.15, -0.1) is 0 Å². The maximum Gasteiger partial charge on any atom is 0.333 e. The summed E-state index contributed by atoms with van der Waals surface area (Å²) < 4.78 is 4.85. The lowest BCUT2D eigenvalue weighted by Crippen LogP contribution is -2.38. The molecule has 1 amide bonds. The van der Waals surface area contributed by atoms with Crippen LogP contribution in [0.5, 0.6) is 0 Å². The summed E-state index contributed by atoms with van der Waals surface area (Å²) >= 11 is 0. The molecule has 0 saturated carbocycles. The van der Waals surface area contributed by atoms with E-state index in [0.29, 0.717) is 27.7 Å². The molecule has 1 atom stereocenters. The number of para-hydroxylation sites is 1. The second-order valence-corrected chi connectivity index (χ2v) is 7.23. The minimum Gasteiger partial charge on any atom is -0.467 e. The molecular formula is C25H21N3O4. The van der Waals surface area contributed by atoms with Gasteiger partial charge in [0.2, 0.25) is 0 Å². The van der Waals surface area contributed by atoms with Gasteiger partial charge in [0.05, 0.1) is 29.4 Å². The van der Waals surface area contributed by atoms with Crippen molar-refractivity contribution in [2.75, 3.05) is 7.11 Å². The number of nitrogens with one attached hydrogen (secondary N) is 2. The fraction of sp³-hybridized carbons (Fsp3) is 0.120. The summed E-state index contributed by atoms with van der Waals surface area (Å²) in [6.45, 7) is 1.82. The van der Waals surface area contributed by atoms with Crippen LogP contribution in [0.15, 0.2) is 77.7 Å². The summed E-state index contributed by atoms with van der Waals surface area (Å²) in [6, 6.07) is 18.7. The first-order chi connectivity index (χ1) is 15.5. The van der Waals surface area contributed by atoms with Crippen molar-refractivity contribution in [2.24, 2.45) is 0 Å². The molecule has 0 bridgehead atoms. The summed E-state index contributed by atoms with van der Waals surface area (Å²) in [6.07, 6.45) is 1.45. The SMILES string of the molecule is COC(=O)C(NC(=O)c1c(C)c(-c2ccccc2)nc2ccccc12)c1ccc[nH]c1=O. The Bertz CT molecular complexity index is 1360. The van der Waals surface area contributed by atoms with Crippen LogP contribution >= 0.6 is 0 Å². The largest absolute Gasteiger partial charge is 0.467 e. The Kier molecular flexibility index (Phi) is 5.81. The topological polar surface area (TPSA) is 101 Å². The molecule has 2 aromatic heterocycles. The number of benzene rings is 2. The van der Waals surface area contributed by atoms with Crippen LogP contribution in [0.2, 0.25) is 0 Å². The van der Waals surface area contributed by atoms with Crippen molar-refractivity contribution < 1.29 is 14.3 Å². The Labute approximate surface area is 184 Å². The van der Waals surface area contributed by atoms with Crippen LogP contribution in [-0.2, 0) is 9.53 Å². The Morgan fingerprint density at radius 2 is 1.72 bits per heavy atom. The van der Waals surface area contributed by atoms with E-state index in [1.54, 1.807) is 6.07 Å². The summed E-state index contributed by atoms with van der Waals surface area (Å²) in [5.41, 5.74) is 2.84. The van der Waals surface area contributed by atoms with E-state index < -0.39 is 23.5 Å². The average Bonchev–Trinajstić information content (AvgIpc) is 2.82. The van der Waals surface area contributed by atoms with Crippen LogP contribution < -0.4 is 10.9 Å². The summed E-state index contributed by atoms with van der Waals surface area (Å²) in [5.74, 6) is -1.24. The molecule has 4 aromatic rings. The number of carbonyl (C=O) groups is 2. The monoisotopic (exact) mass is 427 g/mol. The molecule has 4 rings (SSSR count). The number of aromatic nitrogens is 2. The average molecular weight is 427 g/mol. The number of methoxy groups -OCH3 is 1. The number of aromatic amines is 1. The van der Waals surface area contributed by atoms with Gasteiger partial charge in [-0.2, -0.15) is 0 Å². The van der Waals surface area contributed by atoms with Crippen molar-refractivity contribution in [2.45, 2.75) is 13.0 Å². The molecule has 1 unspecified atom stereocenters. The van der Waals surface area contributed by atoms with Crippen molar-refractivity contribution in [3.8, 4) is 11.3 Å². The zero-order valence-electron chi connectivity index (χ0n) is 17.6. The van der Waals surface area contributed by atoms with Gasteiger partial charge in [-0.05, 0) is 30.7 Å². The number of amides is 1. The standard InChI is InChI=1S/C25H21N3O4/c1-15-20(24(30)28-22(25(31)32-2)18-12-8-14-26-23(18)29)17-11-6-7-13-19(17)27-21(15)16-9-4-3-5-10-16/h3-14,22H,1-2H3,(H,26,29)(H,28,30). The highest BCUT2D eigenvalue weighted by atomic mass is 16.5. The first-order valence-corrected chi connectivity index (χ1v) is 10.0. The number of fused-ring (bicyclic) bond motifs is 1. The van der Waals surface area contributed by atoms with Gasteiger partial charge in [0.25, 0.3) is 11.5 Å². The van der Waals surface area contributed by atoms with Crippen LogP contribution in [0, 0.1) is 6.92 Å². The number of nitrogens with zero attached hydrogens (tertiary/aromatic N) is 1. The molecule has 7 nitrogen and oxygen atoms in total. The van der Waals surface area contributed by atoms with Gasteiger partial charge in [-0.25, -0.2) is 9.78 Å². The number of H-pyrrole nitrogens is 1. The molecule has 32 heavy (non-hydrogen) atoms. The first kappa shape index (κ1) is 21.0. The van der Waals surface area contributed by atoms with Crippen molar-refractivity contribution in [3.05, 3.63) is 100.0 Å². The van der Waals surface area contributed by atoms with Crippen molar-refractivity contribution in [1.29, 1.82) is 0 Å². The molecule has 2 heterocycles. The van der Waals surface area contributed by atoms with Crippen molar-refractivity contribution in [1.82, 2.24) is 15.3 Å². The van der Waals surface area contributed by atoms with E-state index in [1.807, 2.05) is 61.5 Å². The van der Waals surface area contributed by atoms with Gasteiger partial charge in [-0.3, -0.25) is 9.59 Å². The van der Waals surface area contributed by atoms with E-state index in [4.69, 9.17) is 9.72 Å². The number of ether oxygens (including phenoxy) is 1. The highest BCUT2D eigenvalue weighted by Gasteiger charge is 2.28. The third kappa shape index (κ3) is 3.88. The predicted octanol–water partition coefficient (Wildman–Crippen LogP) is 3.54. The van der Waals surface area contributed by atoms with Gasteiger partial charge in [-0.1, -0.05) is 48.5 Å². The molecule has 0 spiro atoms. The highest BCUT2D eigenvalue weighted by Crippen LogP contribution is 2.30. The van der Waals surface area contributed by atoms with Crippen LogP contribution in [0.25, 0.3) is 22.2 Å². The number of carbonyl (C=O) groups excluding carboxylic acids is 2. The number of rotatable bonds is 5. The zero-order valence-corrected chi connectivity index (χ0v) is 17.6. The Morgan fingerprint density at radius 3 is 2.44 bits per heavy atom. The zero-order chi connectivity index (χ0) is 22.7. The van der Waals surface area contributed by atoms with Gasteiger partial charge >= 0.3 is 5.97 Å². The first-order valence-electron chi connectivity index (χ1n) is 10.0. The molecular weight excluding hydrogens is 406 g/mol. The Morgan fingerprint density at radius 1 is 1.00 bits per heavy atom. The van der Waals surface area contributed by atoms with Crippen LogP contribution in [0.3, 0.4) is 0 Å². The maximum atomic E-state index is 13.5. The quantitative estimate of drug-likeness (QED) is 0.475. The minimum atomic E-state index is -1.26. The number of pyridine rings is 2. The van der Waals surface area contributed by atoms with Crippen LogP contribution in [-0.4, -0.2) is 29.0 Å². The molecule has 0 aliphatic carbocycles. The molecule has 7 heteroatoms. The lowest BCUT2D eigenvalue weighted by atomic mass is 9.96. The summed E-state index contributed by atoms with van der Waals surface area (Å²) in [5, 5.41) is 3.34. The number of esters is 1. The molecule has 0 saturated heterocycles. The molecule has 2 aromatic carbocycles. The van der Waals surface area contributed by atoms with E-state index >= 15 is 0 Å². The number of hydrogen-bond acceptors (Lipinski definition) is 5. The molecule has 0 aliphatic heterocycles. The Balaban J connectivity index is 1.86. The smallest absolute Gasteiger partial charge is 0.333 e. The molecule has 160 valence electrons. The molecule has 0 fully saturated rings. The molecule has 2 N–H and O–H groups in total. The van der Waals surface area contributed by atoms with E-state index in [0.717, 1.165) is 5.56 Å². The lowest BCUT2D eigenvalue weighted by Gasteiger charge is -2.19. The highest BCUT2D eigenvalue weighted by molar-refractivity contribution is 6.09. The molecule has 0 aliphatic rings. The van der Waals surface area contributed by atoms with E-state index in [9.17, 15) is 14.4 Å². The van der Waals surface area contributed by atoms with Crippen molar-refractivity contribution >= 4 is 22.8 Å². The van der Waals surface area contributed by atoms with E-state index in [1.165, 1.54) is 19.4 Å². The van der Waals surface area contributed by atoms with Crippen LogP contribution in [0.1, 0.15) is 27.5 Å². The normalized spacial score (nSPS) is 11.7. The fourth-order valence-electron chi connectivity index (χ4n) is 3.72. The van der Waals surface area contributed by atoms with Gasteiger partial charge in [0.15, 0.2) is 6.04 Å². The second kappa shape index (κ2) is 8.85. The van der Waals surface area contributed by atoms with E-state index in [-0.39, 0.29) is 5.56 Å². The van der Waals surface area contributed by atoms with Crippen LogP contribution in [0.4, 0.5) is 0 Å². The van der Waals surface area contributed by atoms with Crippen molar-refractivity contribution in [3.63, 3.8) is 0 Å². The Hall–Kier alpha value is -4.26.